The Kier molecular flexibility index (Phi) is 3.89. The number of carbonyl (C=O) groups is 2. The van der Waals surface area contributed by atoms with Crippen LogP contribution in [0.15, 0.2) is 12.1 Å². The number of ether oxygens (including phenoxy) is 2. The normalized spacial score (nSPS) is 13.6. The number of aliphatic carboxylic acids is 1. The maximum absolute atomic E-state index is 11.7. The lowest BCUT2D eigenvalue weighted by molar-refractivity contribution is -0.384. The molecule has 0 spiro atoms. The van der Waals surface area contributed by atoms with Gasteiger partial charge in [-0.05, 0) is 0 Å². The van der Waals surface area contributed by atoms with Crippen molar-refractivity contribution in [3.05, 3.63) is 22.2 Å². The summed E-state index contributed by atoms with van der Waals surface area (Å²) in [5, 5.41) is 21.8. The minimum atomic E-state index is -1.33. The number of benzene rings is 1. The van der Waals surface area contributed by atoms with Gasteiger partial charge in [-0.3, -0.25) is 19.7 Å². The van der Waals surface area contributed by atoms with Crippen LogP contribution in [0.1, 0.15) is 6.42 Å². The number of nitrogens with zero attached hydrogens (tertiary/aromatic N) is 1. The van der Waals surface area contributed by atoms with Crippen molar-refractivity contribution in [3.8, 4) is 11.5 Å². The van der Waals surface area contributed by atoms with Crippen LogP contribution in [0, 0.1) is 10.1 Å². The molecule has 0 bridgehead atoms. The second-order valence-corrected chi connectivity index (χ2v) is 4.17. The van der Waals surface area contributed by atoms with E-state index in [0.717, 1.165) is 6.07 Å². The standard InChI is InChI=1S/C11H11N3O7/c12-5(1-10(15)16)11(17)13-6-2-8-9(21-4-20-8)3-7(6)14(18)19/h2-3,5H,1,4,12H2,(H,13,17)(H,15,16). The zero-order valence-corrected chi connectivity index (χ0v) is 10.6. The van der Waals surface area contributed by atoms with E-state index < -0.39 is 34.9 Å². The van der Waals surface area contributed by atoms with Gasteiger partial charge in [-0.1, -0.05) is 0 Å². The maximum atomic E-state index is 11.7. The number of carboxylic acids is 1. The van der Waals surface area contributed by atoms with Gasteiger partial charge in [-0.2, -0.15) is 0 Å². The molecule has 10 heteroatoms. The molecule has 1 aliphatic heterocycles. The highest BCUT2D eigenvalue weighted by atomic mass is 16.7. The minimum absolute atomic E-state index is 0.0809. The third kappa shape index (κ3) is 3.17. The van der Waals surface area contributed by atoms with Crippen molar-refractivity contribution in [1.29, 1.82) is 0 Å². The van der Waals surface area contributed by atoms with E-state index in [9.17, 15) is 19.7 Å². The Morgan fingerprint density at radius 1 is 1.43 bits per heavy atom. The van der Waals surface area contributed by atoms with Gasteiger partial charge >= 0.3 is 5.97 Å². The lowest BCUT2D eigenvalue weighted by Gasteiger charge is -2.11. The number of nitro benzene ring substituents is 1. The number of amides is 1. The second-order valence-electron chi connectivity index (χ2n) is 4.17. The van der Waals surface area contributed by atoms with Crippen molar-refractivity contribution in [3.63, 3.8) is 0 Å². The molecule has 1 aromatic rings. The highest BCUT2D eigenvalue weighted by Crippen LogP contribution is 2.40. The number of carbonyl (C=O) groups excluding carboxylic acids is 1. The van der Waals surface area contributed by atoms with Crippen LogP contribution in [0.2, 0.25) is 0 Å². The lowest BCUT2D eigenvalue weighted by atomic mass is 10.2. The van der Waals surface area contributed by atoms with E-state index in [0.29, 0.717) is 0 Å². The Labute approximate surface area is 117 Å². The van der Waals surface area contributed by atoms with E-state index in [4.69, 9.17) is 20.3 Å². The van der Waals surface area contributed by atoms with E-state index in [-0.39, 0.29) is 24.0 Å². The van der Waals surface area contributed by atoms with Gasteiger partial charge in [0, 0.05) is 6.07 Å². The average Bonchev–Trinajstić information content (AvgIpc) is 2.83. The summed E-state index contributed by atoms with van der Waals surface area (Å²) < 4.78 is 10.1. The molecule has 1 atom stereocenters. The Hall–Kier alpha value is -2.88. The molecule has 0 aliphatic carbocycles. The molecule has 21 heavy (non-hydrogen) atoms. The molecular formula is C11H11N3O7. The molecule has 1 aliphatic rings. The number of hydrogen-bond donors (Lipinski definition) is 3. The SMILES string of the molecule is NC(CC(=O)O)C(=O)Nc1cc2c(cc1[N+](=O)[O-])OCO2. The first kappa shape index (κ1) is 14.5. The predicted octanol–water partition coefficient (Wildman–Crippen LogP) is 0.0640. The molecule has 1 amide bonds. The summed E-state index contributed by atoms with van der Waals surface area (Å²) >= 11 is 0. The largest absolute Gasteiger partial charge is 0.481 e. The fourth-order valence-corrected chi connectivity index (χ4v) is 1.69. The highest BCUT2D eigenvalue weighted by molar-refractivity contribution is 5.98. The molecule has 0 saturated heterocycles. The first-order valence-electron chi connectivity index (χ1n) is 5.74. The minimum Gasteiger partial charge on any atom is -0.481 e. The van der Waals surface area contributed by atoms with Crippen molar-refractivity contribution < 1.29 is 29.1 Å². The van der Waals surface area contributed by atoms with Crippen LogP contribution in [0.4, 0.5) is 11.4 Å². The molecule has 1 heterocycles. The van der Waals surface area contributed by atoms with Gasteiger partial charge in [0.15, 0.2) is 11.5 Å². The summed E-state index contributed by atoms with van der Waals surface area (Å²) in [4.78, 5) is 32.5. The number of fused-ring (bicyclic) bond motifs is 1. The third-order valence-electron chi connectivity index (χ3n) is 2.68. The molecular weight excluding hydrogens is 286 g/mol. The molecule has 1 unspecified atom stereocenters. The number of nitro groups is 1. The summed E-state index contributed by atoms with van der Waals surface area (Å²) in [6.07, 6.45) is -0.593. The second kappa shape index (κ2) is 5.63. The van der Waals surface area contributed by atoms with Gasteiger partial charge in [-0.15, -0.1) is 0 Å². The summed E-state index contributed by atoms with van der Waals surface area (Å²) in [6.45, 7) is -0.0809. The number of carboxylic acid groups (broad SMARTS) is 1. The quantitative estimate of drug-likeness (QED) is 0.509. The number of hydrogen-bond acceptors (Lipinski definition) is 7. The molecule has 112 valence electrons. The van der Waals surface area contributed by atoms with Crippen LogP contribution in [-0.4, -0.2) is 34.7 Å². The van der Waals surface area contributed by atoms with Gasteiger partial charge in [-0.25, -0.2) is 0 Å². The topological polar surface area (TPSA) is 154 Å². The summed E-state index contributed by atoms with van der Waals surface area (Å²) in [5.74, 6) is -1.67. The number of rotatable bonds is 5. The fourth-order valence-electron chi connectivity index (χ4n) is 1.69. The smallest absolute Gasteiger partial charge is 0.305 e. The van der Waals surface area contributed by atoms with Crippen molar-refractivity contribution in [2.75, 3.05) is 12.1 Å². The van der Waals surface area contributed by atoms with Gasteiger partial charge in [0.05, 0.1) is 23.5 Å². The van der Waals surface area contributed by atoms with Crippen LogP contribution < -0.4 is 20.5 Å². The first-order chi connectivity index (χ1) is 9.88. The maximum Gasteiger partial charge on any atom is 0.305 e. The Bertz CT molecular complexity index is 616. The van der Waals surface area contributed by atoms with Crippen LogP contribution >= 0.6 is 0 Å². The molecule has 2 rings (SSSR count). The first-order valence-corrected chi connectivity index (χ1v) is 5.74. The van der Waals surface area contributed by atoms with Gasteiger partial charge in [0.1, 0.15) is 5.69 Å². The average molecular weight is 297 g/mol. The lowest BCUT2D eigenvalue weighted by Crippen LogP contribution is -2.37. The molecule has 10 nitrogen and oxygen atoms in total. The van der Waals surface area contributed by atoms with Crippen LogP contribution in [0.25, 0.3) is 0 Å². The molecule has 0 fully saturated rings. The Morgan fingerprint density at radius 2 is 2.05 bits per heavy atom. The van der Waals surface area contributed by atoms with E-state index >= 15 is 0 Å². The zero-order chi connectivity index (χ0) is 15.6. The van der Waals surface area contributed by atoms with Crippen LogP contribution in [0.3, 0.4) is 0 Å². The van der Waals surface area contributed by atoms with Gasteiger partial charge < -0.3 is 25.6 Å². The van der Waals surface area contributed by atoms with E-state index in [1.165, 1.54) is 6.07 Å². The molecule has 4 N–H and O–H groups in total. The zero-order valence-electron chi connectivity index (χ0n) is 10.6. The van der Waals surface area contributed by atoms with Crippen molar-refractivity contribution in [2.45, 2.75) is 12.5 Å². The predicted molar refractivity (Wildman–Crippen MR) is 68.1 cm³/mol. The summed E-state index contributed by atoms with van der Waals surface area (Å²) in [6, 6.07) is 1.01. The molecule has 1 aromatic carbocycles. The van der Waals surface area contributed by atoms with Crippen molar-refractivity contribution in [2.24, 2.45) is 5.73 Å². The number of nitrogens with one attached hydrogen (secondary N) is 1. The summed E-state index contributed by atoms with van der Waals surface area (Å²) in [7, 11) is 0. The number of anilines is 1. The fraction of sp³-hybridized carbons (Fsp3) is 0.273. The van der Waals surface area contributed by atoms with E-state index in [2.05, 4.69) is 5.32 Å². The highest BCUT2D eigenvalue weighted by Gasteiger charge is 2.26. The third-order valence-corrected chi connectivity index (χ3v) is 2.68. The van der Waals surface area contributed by atoms with Crippen molar-refractivity contribution >= 4 is 23.3 Å². The van der Waals surface area contributed by atoms with E-state index in [1.807, 2.05) is 0 Å². The molecule has 0 radical (unpaired) electrons. The number of nitrogens with two attached hydrogens (primary N) is 1. The Morgan fingerprint density at radius 3 is 2.62 bits per heavy atom. The molecule has 0 saturated carbocycles. The monoisotopic (exact) mass is 297 g/mol. The van der Waals surface area contributed by atoms with Gasteiger partial charge in [0.2, 0.25) is 12.7 Å². The molecule has 0 aromatic heterocycles. The summed E-state index contributed by atoms with van der Waals surface area (Å²) in [5.41, 5.74) is 4.84. The Balaban J connectivity index is 2.24. The van der Waals surface area contributed by atoms with Gasteiger partial charge in [0.25, 0.3) is 5.69 Å². The van der Waals surface area contributed by atoms with Crippen LogP contribution in [-0.2, 0) is 9.59 Å². The van der Waals surface area contributed by atoms with Crippen LogP contribution in [0.5, 0.6) is 11.5 Å². The van der Waals surface area contributed by atoms with Crippen molar-refractivity contribution in [1.82, 2.24) is 0 Å². The van der Waals surface area contributed by atoms with E-state index in [1.54, 1.807) is 0 Å².